The summed E-state index contributed by atoms with van der Waals surface area (Å²) in [7, 11) is 3.07. The molecule has 0 bridgehead atoms. The van der Waals surface area contributed by atoms with Crippen molar-refractivity contribution in [2.45, 2.75) is 39.8 Å². The first-order valence-corrected chi connectivity index (χ1v) is 6.66. The Labute approximate surface area is 119 Å². The van der Waals surface area contributed by atoms with E-state index in [1.807, 2.05) is 0 Å². The molecule has 2 N–H and O–H groups in total. The molecular weight excluding hydrogens is 258 g/mol. The molecule has 0 radical (unpaired) electrons. The molecule has 0 fully saturated rings. The van der Waals surface area contributed by atoms with E-state index >= 15 is 0 Å². The number of nitrogens with zero attached hydrogens (tertiary/aromatic N) is 1. The summed E-state index contributed by atoms with van der Waals surface area (Å²) < 4.78 is 10.2. The number of aryl methyl sites for hydroxylation is 1. The van der Waals surface area contributed by atoms with Gasteiger partial charge in [-0.25, -0.2) is 4.79 Å². The molecule has 1 aromatic rings. The Kier molecular flexibility index (Phi) is 6.09. The van der Waals surface area contributed by atoms with Gasteiger partial charge in [0.2, 0.25) is 0 Å². The molecule has 0 aliphatic rings. The molecule has 1 heterocycles. The van der Waals surface area contributed by atoms with Crippen LogP contribution in [0.5, 0.6) is 0 Å². The van der Waals surface area contributed by atoms with Crippen LogP contribution in [0.1, 0.15) is 42.1 Å². The van der Waals surface area contributed by atoms with Gasteiger partial charge in [0, 0.05) is 13.1 Å². The summed E-state index contributed by atoms with van der Waals surface area (Å²) >= 11 is 0. The van der Waals surface area contributed by atoms with Crippen molar-refractivity contribution in [2.24, 2.45) is 4.99 Å². The maximum atomic E-state index is 11.5. The molecule has 0 amide bonds. The zero-order chi connectivity index (χ0) is 15.1. The van der Waals surface area contributed by atoms with Crippen LogP contribution in [0, 0.1) is 6.92 Å². The van der Waals surface area contributed by atoms with E-state index in [0.717, 1.165) is 6.42 Å². The second kappa shape index (κ2) is 7.57. The Hall–Kier alpha value is -1.98. The van der Waals surface area contributed by atoms with Gasteiger partial charge in [-0.2, -0.15) is 0 Å². The van der Waals surface area contributed by atoms with Crippen LogP contribution < -0.4 is 10.6 Å². The highest BCUT2D eigenvalue weighted by Gasteiger charge is 2.15. The van der Waals surface area contributed by atoms with Gasteiger partial charge in [-0.15, -0.1) is 0 Å². The van der Waals surface area contributed by atoms with Crippen LogP contribution in [-0.4, -0.2) is 32.1 Å². The van der Waals surface area contributed by atoms with Crippen molar-refractivity contribution in [2.75, 3.05) is 14.2 Å². The summed E-state index contributed by atoms with van der Waals surface area (Å²) in [6.45, 7) is 6.37. The Balaban J connectivity index is 2.63. The molecule has 0 aliphatic carbocycles. The van der Waals surface area contributed by atoms with Crippen LogP contribution in [-0.2, 0) is 11.3 Å². The van der Waals surface area contributed by atoms with Crippen LogP contribution in [0.3, 0.4) is 0 Å². The number of aliphatic imine (C=N–C) groups is 1. The average Bonchev–Trinajstić information content (AvgIpc) is 2.83. The molecule has 1 unspecified atom stereocenters. The largest absolute Gasteiger partial charge is 0.465 e. The predicted octanol–water partition coefficient (Wildman–Crippen LogP) is 1.84. The van der Waals surface area contributed by atoms with Gasteiger partial charge < -0.3 is 19.8 Å². The van der Waals surface area contributed by atoms with Crippen molar-refractivity contribution in [3.05, 3.63) is 23.2 Å². The first kappa shape index (κ1) is 16.1. The molecule has 0 saturated heterocycles. The first-order chi connectivity index (χ1) is 9.51. The zero-order valence-electron chi connectivity index (χ0n) is 12.7. The second-order valence-corrected chi connectivity index (χ2v) is 4.55. The number of nitrogens with one attached hydrogen (secondary N) is 2. The molecule has 0 saturated carbocycles. The van der Waals surface area contributed by atoms with Crippen molar-refractivity contribution in [1.29, 1.82) is 0 Å². The minimum Gasteiger partial charge on any atom is -0.465 e. The van der Waals surface area contributed by atoms with Crippen molar-refractivity contribution in [3.8, 4) is 0 Å². The van der Waals surface area contributed by atoms with Crippen LogP contribution in [0.15, 0.2) is 15.5 Å². The number of hydrogen-bond acceptors (Lipinski definition) is 4. The Morgan fingerprint density at radius 1 is 1.55 bits per heavy atom. The van der Waals surface area contributed by atoms with Crippen LogP contribution in [0.2, 0.25) is 0 Å². The second-order valence-electron chi connectivity index (χ2n) is 4.55. The van der Waals surface area contributed by atoms with Gasteiger partial charge in [0.05, 0.1) is 13.7 Å². The Morgan fingerprint density at radius 2 is 2.25 bits per heavy atom. The highest BCUT2D eigenvalue weighted by Crippen LogP contribution is 2.15. The van der Waals surface area contributed by atoms with E-state index < -0.39 is 0 Å². The maximum absolute atomic E-state index is 11.5. The number of ether oxygens (including phenoxy) is 1. The third-order valence-electron chi connectivity index (χ3n) is 3.02. The van der Waals surface area contributed by atoms with Gasteiger partial charge in [-0.05, 0) is 26.3 Å². The number of guanidine groups is 1. The molecule has 1 atom stereocenters. The molecule has 0 aliphatic heterocycles. The molecular formula is C14H23N3O3. The molecule has 1 aromatic heterocycles. The molecule has 6 nitrogen and oxygen atoms in total. The lowest BCUT2D eigenvalue weighted by Gasteiger charge is -2.15. The van der Waals surface area contributed by atoms with Crippen molar-refractivity contribution < 1.29 is 13.9 Å². The van der Waals surface area contributed by atoms with Crippen molar-refractivity contribution in [1.82, 2.24) is 10.6 Å². The SMILES string of the molecule is CCC(C)NC(=NC)NCc1cc(C(=O)OC)c(C)o1. The lowest BCUT2D eigenvalue weighted by atomic mass is 10.2. The van der Waals surface area contributed by atoms with Crippen LogP contribution >= 0.6 is 0 Å². The fourth-order valence-corrected chi connectivity index (χ4v) is 1.64. The van der Waals surface area contributed by atoms with Gasteiger partial charge in [0.25, 0.3) is 0 Å². The predicted molar refractivity (Wildman–Crippen MR) is 77.9 cm³/mol. The number of carbonyl (C=O) groups is 1. The minimum atomic E-state index is -0.389. The van der Waals surface area contributed by atoms with E-state index in [-0.39, 0.29) is 5.97 Å². The Morgan fingerprint density at radius 3 is 2.80 bits per heavy atom. The fraction of sp³-hybridized carbons (Fsp3) is 0.571. The average molecular weight is 281 g/mol. The fourth-order valence-electron chi connectivity index (χ4n) is 1.64. The molecule has 0 spiro atoms. The van der Waals surface area contributed by atoms with E-state index in [9.17, 15) is 4.79 Å². The van der Waals surface area contributed by atoms with E-state index in [4.69, 9.17) is 4.42 Å². The van der Waals surface area contributed by atoms with Gasteiger partial charge in [0.1, 0.15) is 17.1 Å². The highest BCUT2D eigenvalue weighted by molar-refractivity contribution is 5.90. The highest BCUT2D eigenvalue weighted by atomic mass is 16.5. The van der Waals surface area contributed by atoms with E-state index in [1.165, 1.54) is 7.11 Å². The van der Waals surface area contributed by atoms with Crippen LogP contribution in [0.4, 0.5) is 0 Å². The summed E-state index contributed by atoms with van der Waals surface area (Å²) in [6, 6.07) is 2.02. The monoisotopic (exact) mass is 281 g/mol. The van der Waals surface area contributed by atoms with E-state index in [2.05, 4.69) is 34.2 Å². The summed E-state index contributed by atoms with van der Waals surface area (Å²) in [5.41, 5.74) is 0.453. The standard InChI is InChI=1S/C14H23N3O3/c1-6-9(2)17-14(15-4)16-8-11-7-12(10(3)20-11)13(18)19-5/h7,9H,6,8H2,1-5H3,(H2,15,16,17). The number of rotatable bonds is 5. The summed E-state index contributed by atoms with van der Waals surface area (Å²) in [5, 5.41) is 6.39. The minimum absolute atomic E-state index is 0.338. The first-order valence-electron chi connectivity index (χ1n) is 6.66. The Bertz CT molecular complexity index is 480. The lowest BCUT2D eigenvalue weighted by Crippen LogP contribution is -2.41. The van der Waals surface area contributed by atoms with Crippen LogP contribution in [0.25, 0.3) is 0 Å². The number of methoxy groups -OCH3 is 1. The summed E-state index contributed by atoms with van der Waals surface area (Å²) in [4.78, 5) is 15.6. The van der Waals surface area contributed by atoms with Gasteiger partial charge >= 0.3 is 5.97 Å². The third-order valence-corrected chi connectivity index (χ3v) is 3.02. The molecule has 112 valence electrons. The zero-order valence-corrected chi connectivity index (χ0v) is 12.7. The number of hydrogen-bond donors (Lipinski definition) is 2. The number of furan rings is 1. The smallest absolute Gasteiger partial charge is 0.341 e. The number of esters is 1. The van der Waals surface area contributed by atoms with Crippen molar-refractivity contribution in [3.63, 3.8) is 0 Å². The quantitative estimate of drug-likeness (QED) is 0.489. The lowest BCUT2D eigenvalue weighted by molar-refractivity contribution is 0.0599. The molecule has 0 aromatic carbocycles. The molecule has 20 heavy (non-hydrogen) atoms. The summed E-state index contributed by atoms with van der Waals surface area (Å²) in [6.07, 6.45) is 1.01. The maximum Gasteiger partial charge on any atom is 0.341 e. The van der Waals surface area contributed by atoms with E-state index in [0.29, 0.717) is 35.6 Å². The third kappa shape index (κ3) is 4.29. The molecule has 6 heteroatoms. The van der Waals surface area contributed by atoms with Crippen molar-refractivity contribution >= 4 is 11.9 Å². The topological polar surface area (TPSA) is 75.9 Å². The van der Waals surface area contributed by atoms with Gasteiger partial charge in [-0.1, -0.05) is 6.92 Å². The number of carbonyl (C=O) groups excluding carboxylic acids is 1. The normalized spacial score (nSPS) is 12.9. The van der Waals surface area contributed by atoms with Gasteiger partial charge in [0.15, 0.2) is 5.96 Å². The summed E-state index contributed by atoms with van der Waals surface area (Å²) in [5.74, 6) is 1.53. The van der Waals surface area contributed by atoms with E-state index in [1.54, 1.807) is 20.0 Å². The molecule has 1 rings (SSSR count). The van der Waals surface area contributed by atoms with Gasteiger partial charge in [-0.3, -0.25) is 4.99 Å².